The van der Waals surface area contributed by atoms with E-state index in [0.717, 1.165) is 43.7 Å². The maximum absolute atomic E-state index is 13.7. The smallest absolute Gasteiger partial charge is 0.241 e. The van der Waals surface area contributed by atoms with Gasteiger partial charge in [-0.05, 0) is 55.0 Å². The molecule has 2 N–H and O–H groups in total. The number of halogens is 1. The molecule has 8 nitrogen and oxygen atoms in total. The fourth-order valence-electron chi connectivity index (χ4n) is 5.92. The first kappa shape index (κ1) is 26.0. The van der Waals surface area contributed by atoms with E-state index in [-0.39, 0.29) is 30.4 Å². The van der Waals surface area contributed by atoms with Crippen LogP contribution in [0.4, 0.5) is 10.1 Å². The molecule has 0 spiro atoms. The second kappa shape index (κ2) is 11.4. The van der Waals surface area contributed by atoms with Crippen molar-refractivity contribution < 1.29 is 19.0 Å². The molecule has 3 aliphatic rings. The Morgan fingerprint density at radius 3 is 2.76 bits per heavy atom. The number of piperazine rings is 1. The molecule has 4 heterocycles. The third kappa shape index (κ3) is 6.12. The number of benzene rings is 1. The van der Waals surface area contributed by atoms with Gasteiger partial charge in [0.25, 0.3) is 0 Å². The minimum absolute atomic E-state index is 0.0397. The van der Waals surface area contributed by atoms with Crippen molar-refractivity contribution in [3.63, 3.8) is 0 Å². The predicted molar refractivity (Wildman–Crippen MR) is 140 cm³/mol. The Balaban J connectivity index is 1.30. The number of carbonyl (C=O) groups excluding carboxylic acids is 1. The Bertz CT molecular complexity index is 1080. The summed E-state index contributed by atoms with van der Waals surface area (Å²) in [4.78, 5) is 24.7. The summed E-state index contributed by atoms with van der Waals surface area (Å²) in [7, 11) is 0. The first-order valence-corrected chi connectivity index (χ1v) is 13.4. The number of hydrogen-bond acceptors (Lipinski definition) is 7. The van der Waals surface area contributed by atoms with Crippen molar-refractivity contribution in [2.75, 3.05) is 57.4 Å². The minimum atomic E-state index is -0.260. The fourth-order valence-corrected chi connectivity index (χ4v) is 5.92. The van der Waals surface area contributed by atoms with E-state index in [4.69, 9.17) is 4.74 Å². The van der Waals surface area contributed by atoms with Gasteiger partial charge in [0.15, 0.2) is 0 Å². The Hall–Kier alpha value is -2.59. The highest BCUT2D eigenvalue weighted by Crippen LogP contribution is 2.31. The molecule has 0 saturated carbocycles. The quantitative estimate of drug-likeness (QED) is 0.588. The topological polar surface area (TPSA) is 81.2 Å². The molecule has 0 bridgehead atoms. The molecule has 200 valence electrons. The van der Waals surface area contributed by atoms with Crippen LogP contribution in [0.25, 0.3) is 0 Å². The first-order valence-electron chi connectivity index (χ1n) is 13.4. The monoisotopic (exact) mass is 511 g/mol. The maximum atomic E-state index is 13.7. The molecule has 0 radical (unpaired) electrons. The lowest BCUT2D eigenvalue weighted by molar-refractivity contribution is -0.121. The third-order valence-corrected chi connectivity index (χ3v) is 7.81. The maximum Gasteiger partial charge on any atom is 0.241 e. The number of hydrogen-bond donors (Lipinski definition) is 2. The summed E-state index contributed by atoms with van der Waals surface area (Å²) in [5, 5.41) is 13.4. The zero-order valence-corrected chi connectivity index (χ0v) is 21.8. The Morgan fingerprint density at radius 1 is 1.16 bits per heavy atom. The second-order valence-electron chi connectivity index (χ2n) is 10.9. The molecule has 1 aromatic carbocycles. The highest BCUT2D eigenvalue weighted by Gasteiger charge is 2.36. The lowest BCUT2D eigenvalue weighted by atomic mass is 10.1. The number of likely N-dealkylation sites (tertiary alicyclic amines) is 1. The number of anilines is 1. The van der Waals surface area contributed by atoms with E-state index in [1.165, 1.54) is 12.1 Å². The molecular formula is C28H38FN5O3. The summed E-state index contributed by atoms with van der Waals surface area (Å²) in [6.07, 6.45) is 3.38. The predicted octanol–water partition coefficient (Wildman–Crippen LogP) is 1.90. The van der Waals surface area contributed by atoms with Crippen LogP contribution in [0.15, 0.2) is 36.5 Å². The van der Waals surface area contributed by atoms with Gasteiger partial charge < -0.3 is 20.1 Å². The summed E-state index contributed by atoms with van der Waals surface area (Å²) in [5.74, 6) is 0.829. The van der Waals surface area contributed by atoms with E-state index in [2.05, 4.69) is 33.9 Å². The lowest BCUT2D eigenvalue weighted by Gasteiger charge is -2.42. The fraction of sp³-hybridized carbons (Fsp3) is 0.571. The van der Waals surface area contributed by atoms with Gasteiger partial charge in [-0.1, -0.05) is 19.1 Å². The molecule has 9 heteroatoms. The summed E-state index contributed by atoms with van der Waals surface area (Å²) >= 11 is 0. The van der Waals surface area contributed by atoms with Gasteiger partial charge in [-0.15, -0.1) is 0 Å². The number of rotatable bonds is 7. The Morgan fingerprint density at radius 2 is 1.97 bits per heavy atom. The van der Waals surface area contributed by atoms with Gasteiger partial charge >= 0.3 is 0 Å². The van der Waals surface area contributed by atoms with Crippen LogP contribution in [0.3, 0.4) is 0 Å². The summed E-state index contributed by atoms with van der Waals surface area (Å²) < 4.78 is 19.1. The third-order valence-electron chi connectivity index (χ3n) is 7.81. The zero-order chi connectivity index (χ0) is 25.9. The molecule has 2 aromatic rings. The van der Waals surface area contributed by atoms with Crippen LogP contribution in [0.2, 0.25) is 0 Å². The van der Waals surface area contributed by atoms with E-state index in [9.17, 15) is 14.3 Å². The van der Waals surface area contributed by atoms with E-state index in [0.29, 0.717) is 49.6 Å². The number of carbonyl (C=O) groups is 1. The van der Waals surface area contributed by atoms with E-state index < -0.39 is 0 Å². The summed E-state index contributed by atoms with van der Waals surface area (Å²) in [6.45, 7) is 9.22. The van der Waals surface area contributed by atoms with Crippen LogP contribution >= 0.6 is 0 Å². The van der Waals surface area contributed by atoms with Crippen molar-refractivity contribution in [3.05, 3.63) is 53.5 Å². The van der Waals surface area contributed by atoms with Crippen LogP contribution in [0.5, 0.6) is 5.88 Å². The molecule has 4 atom stereocenters. The number of aliphatic hydroxyl groups excluding tert-OH is 1. The number of aromatic nitrogens is 1. The van der Waals surface area contributed by atoms with Gasteiger partial charge in [0, 0.05) is 50.5 Å². The molecule has 3 aliphatic heterocycles. The number of nitrogens with zero attached hydrogens (tertiary/aromatic N) is 4. The molecule has 1 aromatic heterocycles. The van der Waals surface area contributed by atoms with Crippen molar-refractivity contribution in [3.8, 4) is 5.88 Å². The van der Waals surface area contributed by atoms with Crippen molar-refractivity contribution in [1.82, 2.24) is 20.1 Å². The average molecular weight is 512 g/mol. The first-order chi connectivity index (χ1) is 17.9. The van der Waals surface area contributed by atoms with Gasteiger partial charge in [-0.2, -0.15) is 0 Å². The average Bonchev–Trinajstić information content (AvgIpc) is 3.25. The van der Waals surface area contributed by atoms with Gasteiger partial charge in [-0.25, -0.2) is 9.37 Å². The van der Waals surface area contributed by atoms with E-state index in [1.807, 2.05) is 6.07 Å². The summed E-state index contributed by atoms with van der Waals surface area (Å²) in [5.41, 5.74) is 2.62. The Labute approximate surface area is 218 Å². The molecule has 5 rings (SSSR count). The van der Waals surface area contributed by atoms with E-state index in [1.54, 1.807) is 23.2 Å². The van der Waals surface area contributed by atoms with Crippen LogP contribution in [-0.4, -0.2) is 96.4 Å². The van der Waals surface area contributed by atoms with Crippen LogP contribution < -0.4 is 15.0 Å². The highest BCUT2D eigenvalue weighted by molar-refractivity contribution is 5.96. The second-order valence-corrected chi connectivity index (χ2v) is 10.9. The highest BCUT2D eigenvalue weighted by atomic mass is 19.1. The zero-order valence-electron chi connectivity index (χ0n) is 21.8. The molecule has 1 amide bonds. The molecule has 2 saturated heterocycles. The normalized spacial score (nSPS) is 26.6. The number of pyridine rings is 1. The standard InChI is InChI=1S/C28H38FN5O3/c1-19-9-24(18-35)32(14-19)16-25-13-30-20(2)15-33(25)17-27(36)34-7-8-37-28-26(34)11-22(12-31-28)10-21-3-5-23(29)6-4-21/h3-6,11-12,19-20,24-25,30,35H,7-10,13-18H2,1-2H3/t19-,20-,24+,25-/m1/s1. The van der Waals surface area contributed by atoms with Crippen LogP contribution in [-0.2, 0) is 11.2 Å². The summed E-state index contributed by atoms with van der Waals surface area (Å²) in [6, 6.07) is 9.11. The molecule has 0 aliphatic carbocycles. The van der Waals surface area contributed by atoms with Gasteiger partial charge in [0.1, 0.15) is 18.1 Å². The number of fused-ring (bicyclic) bond motifs is 1. The molecule has 37 heavy (non-hydrogen) atoms. The van der Waals surface area contributed by atoms with Crippen molar-refractivity contribution >= 4 is 11.6 Å². The Kier molecular flexibility index (Phi) is 8.04. The molecule has 0 unspecified atom stereocenters. The molecule has 2 fully saturated rings. The molecular weight excluding hydrogens is 473 g/mol. The SMILES string of the molecule is C[C@@H]1C[C@@H](CO)N(C[C@H]2CN[C@H](C)CN2CC(=O)N2CCOc3ncc(Cc4ccc(F)cc4)cc32)C1. The number of nitrogens with one attached hydrogen (secondary N) is 1. The van der Waals surface area contributed by atoms with Gasteiger partial charge in [0.2, 0.25) is 11.8 Å². The lowest BCUT2D eigenvalue weighted by Crippen LogP contribution is -2.61. The van der Waals surface area contributed by atoms with Gasteiger partial charge in [-0.3, -0.25) is 14.6 Å². The van der Waals surface area contributed by atoms with Crippen molar-refractivity contribution in [2.24, 2.45) is 5.92 Å². The minimum Gasteiger partial charge on any atom is -0.474 e. The van der Waals surface area contributed by atoms with Crippen molar-refractivity contribution in [2.45, 2.75) is 44.8 Å². The van der Waals surface area contributed by atoms with E-state index >= 15 is 0 Å². The van der Waals surface area contributed by atoms with Crippen molar-refractivity contribution in [1.29, 1.82) is 0 Å². The van der Waals surface area contributed by atoms with Crippen LogP contribution in [0.1, 0.15) is 31.4 Å². The number of ether oxygens (including phenoxy) is 1. The largest absolute Gasteiger partial charge is 0.474 e. The van der Waals surface area contributed by atoms with Gasteiger partial charge in [0.05, 0.1) is 19.7 Å². The number of aliphatic hydroxyl groups is 1. The number of amides is 1. The van der Waals surface area contributed by atoms with Crippen LogP contribution in [0, 0.1) is 11.7 Å².